The van der Waals surface area contributed by atoms with Gasteiger partial charge in [-0.3, -0.25) is 0 Å². The van der Waals surface area contributed by atoms with Crippen molar-refractivity contribution in [3.63, 3.8) is 0 Å². The molecule has 0 aromatic heterocycles. The van der Waals surface area contributed by atoms with Gasteiger partial charge in [-0.25, -0.2) is 4.79 Å². The van der Waals surface area contributed by atoms with Gasteiger partial charge in [0.25, 0.3) is 0 Å². The minimum Gasteiger partial charge on any atom is -0.539 e. The van der Waals surface area contributed by atoms with Crippen LogP contribution < -0.4 is 9.97 Å². The van der Waals surface area contributed by atoms with Crippen molar-refractivity contribution in [3.05, 3.63) is 29.8 Å². The highest BCUT2D eigenvalue weighted by atomic mass is 16.6. The molecule has 1 amide bonds. The molecule has 18 heavy (non-hydrogen) atoms. The Morgan fingerprint density at radius 2 is 2.06 bits per heavy atom. The smallest absolute Gasteiger partial charge is 0.504 e. The highest BCUT2D eigenvalue weighted by Crippen LogP contribution is 2.17. The Labute approximate surface area is 107 Å². The first-order valence-corrected chi connectivity index (χ1v) is 5.71. The van der Waals surface area contributed by atoms with E-state index in [-0.39, 0.29) is 6.54 Å². The van der Waals surface area contributed by atoms with Gasteiger partial charge < -0.3 is 19.7 Å². The van der Waals surface area contributed by atoms with Gasteiger partial charge in [0, 0.05) is 12.1 Å². The fraction of sp³-hybridized carbons (Fsp3) is 0.417. The molecule has 0 aliphatic carbocycles. The maximum Gasteiger partial charge on any atom is 0.504 e. The van der Waals surface area contributed by atoms with Crippen LogP contribution in [0.5, 0.6) is 5.75 Å². The number of para-hydroxylation sites is 1. The van der Waals surface area contributed by atoms with Crippen LogP contribution in [0.1, 0.15) is 26.3 Å². The van der Waals surface area contributed by atoms with E-state index in [0.29, 0.717) is 5.75 Å². The van der Waals surface area contributed by atoms with Gasteiger partial charge in [0.1, 0.15) is 11.4 Å². The Kier molecular flexibility index (Phi) is 5.03. The number of hydrogen-bond acceptors (Lipinski definition) is 4. The van der Waals surface area contributed by atoms with Crippen LogP contribution in [0.2, 0.25) is 0 Å². The summed E-state index contributed by atoms with van der Waals surface area (Å²) in [6.45, 7) is 5.69. The molecule has 6 heteroatoms. The van der Waals surface area contributed by atoms with Crippen molar-refractivity contribution >= 4 is 13.8 Å². The van der Waals surface area contributed by atoms with Gasteiger partial charge in [0.2, 0.25) is 0 Å². The van der Waals surface area contributed by atoms with Gasteiger partial charge in [0.15, 0.2) is 0 Å². The first kappa shape index (κ1) is 14.4. The number of rotatable bonds is 4. The number of carbonyl (C=O) groups is 1. The quantitative estimate of drug-likeness (QED) is 0.792. The fourth-order valence-electron chi connectivity index (χ4n) is 1.34. The molecule has 1 rings (SSSR count). The summed E-state index contributed by atoms with van der Waals surface area (Å²) in [5, 5.41) is 11.4. The van der Waals surface area contributed by atoms with Gasteiger partial charge in [-0.05, 0) is 26.8 Å². The minimum atomic E-state index is -0.523. The molecule has 0 atom stereocenters. The monoisotopic (exact) mass is 251 g/mol. The Balaban J connectivity index is 2.55. The summed E-state index contributed by atoms with van der Waals surface area (Å²) in [5.41, 5.74) is 0.253. The van der Waals surface area contributed by atoms with Gasteiger partial charge in [-0.2, -0.15) is 0 Å². The first-order chi connectivity index (χ1) is 8.42. The van der Waals surface area contributed by atoms with Crippen molar-refractivity contribution in [2.45, 2.75) is 32.9 Å². The van der Waals surface area contributed by atoms with Crippen molar-refractivity contribution in [3.8, 4) is 5.75 Å². The SMILES string of the molecule is CC(C)(C)OC(=O)NCc1ccccc1OBO. The van der Waals surface area contributed by atoms with Crippen LogP contribution in [-0.4, -0.2) is 24.4 Å². The number of amides is 1. The zero-order valence-corrected chi connectivity index (χ0v) is 10.9. The first-order valence-electron chi connectivity index (χ1n) is 5.71. The molecular weight excluding hydrogens is 233 g/mol. The number of ether oxygens (including phenoxy) is 1. The summed E-state index contributed by atoms with van der Waals surface area (Å²) in [4.78, 5) is 11.5. The molecule has 98 valence electrons. The summed E-state index contributed by atoms with van der Waals surface area (Å²) in [7, 11) is -0.399. The molecule has 0 aliphatic rings. The maximum atomic E-state index is 11.5. The second-order valence-corrected chi connectivity index (χ2v) is 4.74. The van der Waals surface area contributed by atoms with Gasteiger partial charge in [0.05, 0.1) is 0 Å². The number of benzene rings is 1. The van der Waals surface area contributed by atoms with E-state index in [1.54, 1.807) is 32.9 Å². The van der Waals surface area contributed by atoms with Crippen LogP contribution in [0.25, 0.3) is 0 Å². The lowest BCUT2D eigenvalue weighted by atomic mass is 10.2. The number of hydrogen-bond donors (Lipinski definition) is 2. The molecular formula is C12H18BNO4. The average Bonchev–Trinajstić information content (AvgIpc) is 2.26. The third-order valence-electron chi connectivity index (χ3n) is 2.01. The van der Waals surface area contributed by atoms with Gasteiger partial charge in [-0.15, -0.1) is 0 Å². The summed E-state index contributed by atoms with van der Waals surface area (Å²) in [6, 6.07) is 7.16. The van der Waals surface area contributed by atoms with Crippen molar-refractivity contribution in [1.82, 2.24) is 5.32 Å². The molecule has 0 saturated carbocycles. The summed E-state index contributed by atoms with van der Waals surface area (Å²) in [5.74, 6) is 0.538. The van der Waals surface area contributed by atoms with Crippen molar-refractivity contribution in [1.29, 1.82) is 0 Å². The molecule has 0 saturated heterocycles. The molecule has 0 spiro atoms. The normalized spacial score (nSPS) is 10.7. The number of alkyl carbamates (subject to hydrolysis) is 1. The zero-order valence-electron chi connectivity index (χ0n) is 10.9. The molecule has 5 nitrogen and oxygen atoms in total. The highest BCUT2D eigenvalue weighted by Gasteiger charge is 2.16. The minimum absolute atomic E-state index is 0.283. The highest BCUT2D eigenvalue weighted by molar-refractivity contribution is 6.17. The van der Waals surface area contributed by atoms with Crippen molar-refractivity contribution < 1.29 is 19.2 Å². The number of nitrogens with one attached hydrogen (secondary N) is 1. The predicted octanol–water partition coefficient (Wildman–Crippen LogP) is 1.35. The van der Waals surface area contributed by atoms with Crippen molar-refractivity contribution in [2.75, 3.05) is 0 Å². The predicted molar refractivity (Wildman–Crippen MR) is 69.5 cm³/mol. The van der Waals surface area contributed by atoms with E-state index in [2.05, 4.69) is 5.32 Å². The molecule has 0 aliphatic heterocycles. The van der Waals surface area contributed by atoms with Gasteiger partial charge in [-0.1, -0.05) is 18.2 Å². The van der Waals surface area contributed by atoms with E-state index in [1.165, 1.54) is 0 Å². The molecule has 0 bridgehead atoms. The summed E-state index contributed by atoms with van der Waals surface area (Å²) < 4.78 is 10.2. The standard InChI is InChI=1S/C12H18BNO4/c1-12(2,3)17-11(15)14-8-9-6-4-5-7-10(9)18-13-16/h4-7,13,16H,8H2,1-3H3,(H,14,15). The average molecular weight is 251 g/mol. The molecule has 1 aromatic rings. The maximum absolute atomic E-state index is 11.5. The van der Waals surface area contributed by atoms with E-state index < -0.39 is 19.4 Å². The van der Waals surface area contributed by atoms with E-state index in [9.17, 15) is 4.79 Å². The lowest BCUT2D eigenvalue weighted by Gasteiger charge is -2.20. The van der Waals surface area contributed by atoms with Crippen LogP contribution in [0.4, 0.5) is 4.79 Å². The fourth-order valence-corrected chi connectivity index (χ4v) is 1.34. The third kappa shape index (κ3) is 5.10. The largest absolute Gasteiger partial charge is 0.539 e. The molecule has 0 radical (unpaired) electrons. The number of carbonyl (C=O) groups excluding carboxylic acids is 1. The second-order valence-electron chi connectivity index (χ2n) is 4.74. The Hall–Kier alpha value is -1.69. The Morgan fingerprint density at radius 3 is 2.67 bits per heavy atom. The zero-order chi connectivity index (χ0) is 13.6. The molecule has 0 heterocycles. The molecule has 2 N–H and O–H groups in total. The molecule has 1 aromatic carbocycles. The van der Waals surface area contributed by atoms with Crippen molar-refractivity contribution in [2.24, 2.45) is 0 Å². The van der Waals surface area contributed by atoms with Gasteiger partial charge >= 0.3 is 13.8 Å². The van der Waals surface area contributed by atoms with Crippen LogP contribution in [-0.2, 0) is 11.3 Å². The van der Waals surface area contributed by atoms with E-state index in [0.717, 1.165) is 5.56 Å². The van der Waals surface area contributed by atoms with E-state index in [1.807, 2.05) is 12.1 Å². The third-order valence-corrected chi connectivity index (χ3v) is 2.01. The molecule has 0 unspecified atom stereocenters. The topological polar surface area (TPSA) is 67.8 Å². The van der Waals surface area contributed by atoms with E-state index >= 15 is 0 Å². The lowest BCUT2D eigenvalue weighted by Crippen LogP contribution is -2.32. The lowest BCUT2D eigenvalue weighted by molar-refractivity contribution is 0.0523. The van der Waals surface area contributed by atoms with Crippen LogP contribution in [0, 0.1) is 0 Å². The van der Waals surface area contributed by atoms with E-state index in [4.69, 9.17) is 14.4 Å². The van der Waals surface area contributed by atoms with Crippen LogP contribution in [0.3, 0.4) is 0 Å². The second kappa shape index (κ2) is 6.30. The van der Waals surface area contributed by atoms with Crippen LogP contribution >= 0.6 is 0 Å². The Bertz CT molecular complexity index is 403. The Morgan fingerprint density at radius 1 is 1.39 bits per heavy atom. The summed E-state index contributed by atoms with van der Waals surface area (Å²) in [6.07, 6.45) is -0.485. The van der Waals surface area contributed by atoms with Crippen LogP contribution in [0.15, 0.2) is 24.3 Å². The molecule has 0 fully saturated rings. The summed E-state index contributed by atoms with van der Waals surface area (Å²) >= 11 is 0.